The van der Waals surface area contributed by atoms with E-state index in [1.54, 1.807) is 11.3 Å². The Bertz CT molecular complexity index is 484. The Morgan fingerprint density at radius 2 is 2.24 bits per heavy atom. The molecule has 2 rings (SSSR count). The van der Waals surface area contributed by atoms with Gasteiger partial charge < -0.3 is 10.5 Å². The zero-order valence-corrected chi connectivity index (χ0v) is 11.1. The topological polar surface area (TPSA) is 35.2 Å². The van der Waals surface area contributed by atoms with Crippen molar-refractivity contribution in [2.24, 2.45) is 5.73 Å². The summed E-state index contributed by atoms with van der Waals surface area (Å²) in [5, 5.41) is 4.75. The fourth-order valence-electron chi connectivity index (χ4n) is 1.56. The maximum absolute atomic E-state index is 5.96. The maximum Gasteiger partial charge on any atom is 0.137 e. The Hall–Kier alpha value is -1.03. The van der Waals surface area contributed by atoms with E-state index in [0.29, 0.717) is 11.6 Å². The Morgan fingerprint density at radius 1 is 1.41 bits per heavy atom. The summed E-state index contributed by atoms with van der Waals surface area (Å²) in [5.74, 6) is 0.791. The lowest BCUT2D eigenvalue weighted by atomic mass is 10.2. The summed E-state index contributed by atoms with van der Waals surface area (Å²) in [7, 11) is 0. The van der Waals surface area contributed by atoms with Crippen molar-refractivity contribution < 1.29 is 4.74 Å². The molecule has 0 aliphatic carbocycles. The Balaban J connectivity index is 2.21. The molecule has 1 unspecified atom stereocenters. The molecule has 2 N–H and O–H groups in total. The summed E-state index contributed by atoms with van der Waals surface area (Å²) in [4.78, 5) is 0. The van der Waals surface area contributed by atoms with E-state index < -0.39 is 0 Å². The number of nitrogens with two attached hydrogens (primary N) is 1. The average molecular weight is 268 g/mol. The molecule has 4 heteroatoms. The first-order valence-corrected chi connectivity index (χ1v) is 6.67. The lowest BCUT2D eigenvalue weighted by Gasteiger charge is -2.18. The van der Waals surface area contributed by atoms with Crippen molar-refractivity contribution in [1.29, 1.82) is 0 Å². The molecule has 1 aromatic heterocycles. The van der Waals surface area contributed by atoms with Gasteiger partial charge in [-0.15, -0.1) is 0 Å². The fourth-order valence-corrected chi connectivity index (χ4v) is 2.43. The van der Waals surface area contributed by atoms with Gasteiger partial charge in [0, 0.05) is 17.1 Å². The van der Waals surface area contributed by atoms with Crippen molar-refractivity contribution in [2.45, 2.75) is 13.0 Å². The van der Waals surface area contributed by atoms with Crippen LogP contribution in [-0.2, 0) is 0 Å². The molecule has 0 bridgehead atoms. The summed E-state index contributed by atoms with van der Waals surface area (Å²) >= 11 is 7.60. The second-order valence-electron chi connectivity index (χ2n) is 3.81. The van der Waals surface area contributed by atoms with Crippen molar-refractivity contribution in [3.8, 4) is 5.75 Å². The van der Waals surface area contributed by atoms with Gasteiger partial charge in [0.15, 0.2) is 0 Å². The van der Waals surface area contributed by atoms with Crippen LogP contribution in [0.4, 0.5) is 0 Å². The summed E-state index contributed by atoms with van der Waals surface area (Å²) in [6.45, 7) is 2.44. The SMILES string of the molecule is Cc1ccc(Cl)cc1OC(CN)c1ccsc1. The predicted octanol–water partition coefficient (Wildman–Crippen LogP) is 3.79. The third-order valence-electron chi connectivity index (χ3n) is 2.55. The molecule has 0 spiro atoms. The molecular formula is C13H14ClNOS. The lowest BCUT2D eigenvalue weighted by molar-refractivity contribution is 0.213. The number of hydrogen-bond donors (Lipinski definition) is 1. The minimum Gasteiger partial charge on any atom is -0.484 e. The number of hydrogen-bond acceptors (Lipinski definition) is 3. The van der Waals surface area contributed by atoms with Crippen molar-refractivity contribution >= 4 is 22.9 Å². The van der Waals surface area contributed by atoms with E-state index in [9.17, 15) is 0 Å². The first-order chi connectivity index (χ1) is 8.20. The van der Waals surface area contributed by atoms with Crippen LogP contribution in [0.5, 0.6) is 5.75 Å². The zero-order chi connectivity index (χ0) is 12.3. The molecule has 0 saturated heterocycles. The minimum absolute atomic E-state index is 0.113. The molecular weight excluding hydrogens is 254 g/mol. The van der Waals surface area contributed by atoms with Gasteiger partial charge in [-0.05, 0) is 41.4 Å². The number of aryl methyl sites for hydroxylation is 1. The highest BCUT2D eigenvalue weighted by molar-refractivity contribution is 7.07. The van der Waals surface area contributed by atoms with Gasteiger partial charge in [-0.2, -0.15) is 11.3 Å². The molecule has 0 fully saturated rings. The Labute approximate surface area is 110 Å². The highest BCUT2D eigenvalue weighted by atomic mass is 35.5. The molecule has 0 aliphatic rings. The molecule has 0 saturated carbocycles. The van der Waals surface area contributed by atoms with Crippen LogP contribution in [0, 0.1) is 6.92 Å². The van der Waals surface area contributed by atoms with Crippen LogP contribution in [0.25, 0.3) is 0 Å². The summed E-state index contributed by atoms with van der Waals surface area (Å²) < 4.78 is 5.92. The fraction of sp³-hybridized carbons (Fsp3) is 0.231. The molecule has 0 aliphatic heterocycles. The van der Waals surface area contributed by atoms with Crippen LogP contribution in [0.1, 0.15) is 17.2 Å². The highest BCUT2D eigenvalue weighted by Gasteiger charge is 2.13. The molecule has 2 nitrogen and oxygen atoms in total. The smallest absolute Gasteiger partial charge is 0.137 e. The van der Waals surface area contributed by atoms with Crippen molar-refractivity contribution in [2.75, 3.05) is 6.54 Å². The van der Waals surface area contributed by atoms with E-state index in [0.717, 1.165) is 16.9 Å². The number of halogens is 1. The van der Waals surface area contributed by atoms with E-state index in [-0.39, 0.29) is 6.10 Å². The van der Waals surface area contributed by atoms with E-state index >= 15 is 0 Å². The van der Waals surface area contributed by atoms with Gasteiger partial charge in [0.05, 0.1) is 0 Å². The van der Waals surface area contributed by atoms with Gasteiger partial charge in [-0.3, -0.25) is 0 Å². The van der Waals surface area contributed by atoms with Crippen molar-refractivity contribution in [3.05, 3.63) is 51.2 Å². The predicted molar refractivity (Wildman–Crippen MR) is 72.9 cm³/mol. The van der Waals surface area contributed by atoms with Crippen LogP contribution in [0.15, 0.2) is 35.0 Å². The van der Waals surface area contributed by atoms with Crippen LogP contribution >= 0.6 is 22.9 Å². The Morgan fingerprint density at radius 3 is 2.88 bits per heavy atom. The van der Waals surface area contributed by atoms with Crippen LogP contribution in [0.3, 0.4) is 0 Å². The minimum atomic E-state index is -0.113. The third-order valence-corrected chi connectivity index (χ3v) is 3.49. The first-order valence-electron chi connectivity index (χ1n) is 5.35. The quantitative estimate of drug-likeness (QED) is 0.915. The molecule has 17 heavy (non-hydrogen) atoms. The average Bonchev–Trinajstić information content (AvgIpc) is 2.84. The standard InChI is InChI=1S/C13H14ClNOS/c1-9-2-3-11(14)6-12(9)16-13(7-15)10-4-5-17-8-10/h2-6,8,13H,7,15H2,1H3. The molecule has 1 heterocycles. The van der Waals surface area contributed by atoms with Gasteiger partial charge in [0.25, 0.3) is 0 Å². The summed E-state index contributed by atoms with van der Waals surface area (Å²) in [5.41, 5.74) is 7.91. The largest absolute Gasteiger partial charge is 0.484 e. The monoisotopic (exact) mass is 267 g/mol. The van der Waals surface area contributed by atoms with E-state index in [1.807, 2.05) is 36.6 Å². The second-order valence-corrected chi connectivity index (χ2v) is 5.03. The van der Waals surface area contributed by atoms with Crippen LogP contribution in [-0.4, -0.2) is 6.54 Å². The molecule has 90 valence electrons. The zero-order valence-electron chi connectivity index (χ0n) is 9.52. The number of rotatable bonds is 4. The van der Waals surface area contributed by atoms with Crippen LogP contribution in [0.2, 0.25) is 5.02 Å². The van der Waals surface area contributed by atoms with Gasteiger partial charge in [-0.25, -0.2) is 0 Å². The first kappa shape index (κ1) is 12.4. The van der Waals surface area contributed by atoms with Crippen LogP contribution < -0.4 is 10.5 Å². The van der Waals surface area contributed by atoms with Crippen molar-refractivity contribution in [3.63, 3.8) is 0 Å². The molecule has 0 radical (unpaired) electrons. The number of ether oxygens (including phenoxy) is 1. The molecule has 1 aromatic carbocycles. The van der Waals surface area contributed by atoms with E-state index in [1.165, 1.54) is 0 Å². The molecule has 2 aromatic rings. The molecule has 0 amide bonds. The summed E-state index contributed by atoms with van der Waals surface area (Å²) in [6.07, 6.45) is -0.113. The van der Waals surface area contributed by atoms with E-state index in [2.05, 4.69) is 5.38 Å². The number of thiophene rings is 1. The third kappa shape index (κ3) is 3.00. The Kier molecular flexibility index (Phi) is 4.05. The van der Waals surface area contributed by atoms with Gasteiger partial charge in [-0.1, -0.05) is 17.7 Å². The van der Waals surface area contributed by atoms with Gasteiger partial charge in [0.1, 0.15) is 11.9 Å². The second kappa shape index (κ2) is 5.54. The normalized spacial score (nSPS) is 12.4. The maximum atomic E-state index is 5.96. The molecule has 1 atom stereocenters. The van der Waals surface area contributed by atoms with Gasteiger partial charge in [0.2, 0.25) is 0 Å². The summed E-state index contributed by atoms with van der Waals surface area (Å²) in [6, 6.07) is 7.65. The lowest BCUT2D eigenvalue weighted by Crippen LogP contribution is -2.18. The van der Waals surface area contributed by atoms with Gasteiger partial charge >= 0.3 is 0 Å². The highest BCUT2D eigenvalue weighted by Crippen LogP contribution is 2.28. The number of benzene rings is 1. The van der Waals surface area contributed by atoms with Crippen molar-refractivity contribution in [1.82, 2.24) is 0 Å². The van der Waals surface area contributed by atoms with E-state index in [4.69, 9.17) is 22.1 Å².